The summed E-state index contributed by atoms with van der Waals surface area (Å²) in [6.07, 6.45) is 3.97. The minimum absolute atomic E-state index is 0.0680. The van der Waals surface area contributed by atoms with Crippen LogP contribution in [0, 0.1) is 5.41 Å². The molecule has 0 radical (unpaired) electrons. The van der Waals surface area contributed by atoms with E-state index in [1.165, 1.54) is 11.1 Å². The van der Waals surface area contributed by atoms with Gasteiger partial charge in [-0.1, -0.05) is 45.0 Å². The number of amides is 1. The van der Waals surface area contributed by atoms with Crippen molar-refractivity contribution in [3.63, 3.8) is 0 Å². The van der Waals surface area contributed by atoms with Crippen molar-refractivity contribution in [2.45, 2.75) is 58.4 Å². The quantitative estimate of drug-likeness (QED) is 0.899. The van der Waals surface area contributed by atoms with Gasteiger partial charge in [-0.15, -0.1) is 0 Å². The molecule has 4 nitrogen and oxygen atoms in total. The molecule has 1 aromatic carbocycles. The zero-order valence-corrected chi connectivity index (χ0v) is 16.6. The van der Waals surface area contributed by atoms with Gasteiger partial charge in [0.05, 0.1) is 6.61 Å². The molecule has 2 fully saturated rings. The van der Waals surface area contributed by atoms with Gasteiger partial charge in [0.1, 0.15) is 0 Å². The minimum Gasteiger partial charge on any atom is -0.395 e. The molecule has 4 heteroatoms. The van der Waals surface area contributed by atoms with Gasteiger partial charge in [0.15, 0.2) is 0 Å². The summed E-state index contributed by atoms with van der Waals surface area (Å²) >= 11 is 0. The van der Waals surface area contributed by atoms with Crippen LogP contribution in [0.5, 0.6) is 0 Å². The highest BCUT2D eigenvalue weighted by atomic mass is 16.3. The van der Waals surface area contributed by atoms with E-state index in [0.717, 1.165) is 45.4 Å². The highest BCUT2D eigenvalue weighted by Gasteiger charge is 2.40. The van der Waals surface area contributed by atoms with Crippen LogP contribution >= 0.6 is 0 Å². The van der Waals surface area contributed by atoms with E-state index in [9.17, 15) is 9.90 Å². The molecule has 3 rings (SSSR count). The Morgan fingerprint density at radius 1 is 1.08 bits per heavy atom. The van der Waals surface area contributed by atoms with Crippen LogP contribution in [-0.4, -0.2) is 53.6 Å². The van der Waals surface area contributed by atoms with Crippen molar-refractivity contribution in [3.8, 4) is 0 Å². The van der Waals surface area contributed by atoms with Crippen molar-refractivity contribution in [2.75, 3.05) is 32.8 Å². The van der Waals surface area contributed by atoms with Gasteiger partial charge in [-0.25, -0.2) is 0 Å². The number of aliphatic hydroxyl groups excluding tert-OH is 1. The number of carbonyl (C=O) groups excluding carboxylic acids is 1. The molecular formula is C22H34N2O2. The monoisotopic (exact) mass is 358 g/mol. The summed E-state index contributed by atoms with van der Waals surface area (Å²) in [4.78, 5) is 16.4. The smallest absolute Gasteiger partial charge is 0.222 e. The van der Waals surface area contributed by atoms with Crippen LogP contribution < -0.4 is 0 Å². The van der Waals surface area contributed by atoms with Crippen LogP contribution in [0.2, 0.25) is 0 Å². The Morgan fingerprint density at radius 3 is 2.31 bits per heavy atom. The lowest BCUT2D eigenvalue weighted by Gasteiger charge is -2.47. The normalized spacial score (nSPS) is 21.4. The van der Waals surface area contributed by atoms with E-state index in [0.29, 0.717) is 13.0 Å². The highest BCUT2D eigenvalue weighted by Crippen LogP contribution is 2.40. The van der Waals surface area contributed by atoms with Gasteiger partial charge >= 0.3 is 0 Å². The summed E-state index contributed by atoms with van der Waals surface area (Å²) in [7, 11) is 0. The third-order valence-electron chi connectivity index (χ3n) is 6.26. The van der Waals surface area contributed by atoms with E-state index in [1.54, 1.807) is 0 Å². The number of nitrogens with zero attached hydrogens (tertiary/aromatic N) is 2. The summed E-state index contributed by atoms with van der Waals surface area (Å²) in [6.45, 7) is 11.4. The highest BCUT2D eigenvalue weighted by molar-refractivity contribution is 5.77. The maximum absolute atomic E-state index is 12.0. The first-order chi connectivity index (χ1) is 12.3. The molecule has 0 aliphatic carbocycles. The topological polar surface area (TPSA) is 43.8 Å². The van der Waals surface area contributed by atoms with E-state index in [-0.39, 0.29) is 23.3 Å². The maximum Gasteiger partial charge on any atom is 0.222 e. The molecule has 0 atom stereocenters. The number of aliphatic hydroxyl groups is 1. The second-order valence-corrected chi connectivity index (χ2v) is 9.26. The predicted octanol–water partition coefficient (Wildman–Crippen LogP) is 3.18. The summed E-state index contributed by atoms with van der Waals surface area (Å²) in [5.74, 6) is 0.214. The van der Waals surface area contributed by atoms with Crippen molar-refractivity contribution in [1.82, 2.24) is 9.80 Å². The molecule has 1 N–H and O–H groups in total. The number of hydrogen-bond acceptors (Lipinski definition) is 3. The zero-order valence-electron chi connectivity index (χ0n) is 16.6. The van der Waals surface area contributed by atoms with Gasteiger partial charge in [0, 0.05) is 26.1 Å². The SMILES string of the molecule is CC(C)(C)c1ccc(CN2CCC3(CCC(=O)N(CCO)C3)CC2)cc1. The molecule has 1 amide bonds. The van der Waals surface area contributed by atoms with Gasteiger partial charge in [-0.05, 0) is 54.3 Å². The Labute approximate surface area is 158 Å². The van der Waals surface area contributed by atoms with Crippen molar-refractivity contribution >= 4 is 5.91 Å². The number of β-amino-alcohol motifs (C(OH)–C–C–N with tert-alkyl or cyclic N) is 1. The first-order valence-electron chi connectivity index (χ1n) is 10.0. The molecule has 2 aliphatic rings. The molecule has 26 heavy (non-hydrogen) atoms. The summed E-state index contributed by atoms with van der Waals surface area (Å²) in [6, 6.07) is 9.07. The molecule has 2 aliphatic heterocycles. The Balaban J connectivity index is 1.54. The van der Waals surface area contributed by atoms with Crippen LogP contribution in [-0.2, 0) is 16.8 Å². The average molecular weight is 359 g/mol. The second kappa shape index (κ2) is 7.69. The van der Waals surface area contributed by atoms with Gasteiger partial charge in [-0.2, -0.15) is 0 Å². The number of likely N-dealkylation sites (tertiary alicyclic amines) is 2. The number of benzene rings is 1. The van der Waals surface area contributed by atoms with Gasteiger partial charge in [0.25, 0.3) is 0 Å². The summed E-state index contributed by atoms with van der Waals surface area (Å²) in [5.41, 5.74) is 3.24. The third-order valence-corrected chi connectivity index (χ3v) is 6.26. The summed E-state index contributed by atoms with van der Waals surface area (Å²) in [5, 5.41) is 9.20. The van der Waals surface area contributed by atoms with Crippen LogP contribution in [0.15, 0.2) is 24.3 Å². The first-order valence-corrected chi connectivity index (χ1v) is 10.0. The molecule has 0 aromatic heterocycles. The van der Waals surface area contributed by atoms with Crippen LogP contribution in [0.4, 0.5) is 0 Å². The van der Waals surface area contributed by atoms with Crippen LogP contribution in [0.3, 0.4) is 0 Å². The molecule has 2 heterocycles. The van der Waals surface area contributed by atoms with E-state index in [1.807, 2.05) is 4.90 Å². The Hall–Kier alpha value is -1.39. The van der Waals surface area contributed by atoms with E-state index in [2.05, 4.69) is 49.9 Å². The molecular weight excluding hydrogens is 324 g/mol. The molecule has 1 spiro atoms. The fourth-order valence-corrected chi connectivity index (χ4v) is 4.39. The Kier molecular flexibility index (Phi) is 5.73. The van der Waals surface area contributed by atoms with E-state index >= 15 is 0 Å². The number of piperidine rings is 2. The van der Waals surface area contributed by atoms with E-state index < -0.39 is 0 Å². The standard InChI is InChI=1S/C22H34N2O2/c1-21(2,3)19-6-4-18(5-7-19)16-23-12-10-22(11-13-23)9-8-20(26)24(17-22)14-15-25/h4-7,25H,8-17H2,1-3H3. The van der Waals surface area contributed by atoms with E-state index in [4.69, 9.17) is 0 Å². The lowest BCUT2D eigenvalue weighted by molar-refractivity contribution is -0.139. The number of carbonyl (C=O) groups is 1. The summed E-state index contributed by atoms with van der Waals surface area (Å²) < 4.78 is 0. The van der Waals surface area contributed by atoms with Crippen LogP contribution in [0.1, 0.15) is 57.6 Å². The minimum atomic E-state index is 0.0680. The number of hydrogen-bond donors (Lipinski definition) is 1. The zero-order chi connectivity index (χ0) is 18.8. The lowest BCUT2D eigenvalue weighted by Crippen LogP contribution is -2.51. The van der Waals surface area contributed by atoms with Crippen molar-refractivity contribution in [3.05, 3.63) is 35.4 Å². The Morgan fingerprint density at radius 2 is 1.73 bits per heavy atom. The van der Waals surface area contributed by atoms with Gasteiger partial charge in [0.2, 0.25) is 5.91 Å². The fourth-order valence-electron chi connectivity index (χ4n) is 4.39. The second-order valence-electron chi connectivity index (χ2n) is 9.26. The third kappa shape index (κ3) is 4.47. The first kappa shape index (κ1) is 19.4. The maximum atomic E-state index is 12.0. The Bertz CT molecular complexity index is 610. The molecule has 0 bridgehead atoms. The molecule has 1 aromatic rings. The molecule has 144 valence electrons. The lowest BCUT2D eigenvalue weighted by atomic mass is 9.72. The van der Waals surface area contributed by atoms with Gasteiger partial charge in [-0.3, -0.25) is 9.69 Å². The number of rotatable bonds is 4. The van der Waals surface area contributed by atoms with Gasteiger partial charge < -0.3 is 10.0 Å². The molecule has 2 saturated heterocycles. The largest absolute Gasteiger partial charge is 0.395 e. The van der Waals surface area contributed by atoms with Crippen molar-refractivity contribution in [2.24, 2.45) is 5.41 Å². The predicted molar refractivity (Wildman–Crippen MR) is 105 cm³/mol. The van der Waals surface area contributed by atoms with Crippen LogP contribution in [0.25, 0.3) is 0 Å². The molecule has 0 unspecified atom stereocenters. The average Bonchev–Trinajstić information content (AvgIpc) is 2.60. The fraction of sp³-hybridized carbons (Fsp3) is 0.682. The molecule has 0 saturated carbocycles. The van der Waals surface area contributed by atoms with Crippen molar-refractivity contribution < 1.29 is 9.90 Å². The van der Waals surface area contributed by atoms with Crippen molar-refractivity contribution in [1.29, 1.82) is 0 Å².